The number of rotatable bonds is 9. The van der Waals surface area contributed by atoms with Crippen LogP contribution in [-0.2, 0) is 21.2 Å². The van der Waals surface area contributed by atoms with Gasteiger partial charge in [-0.25, -0.2) is 13.1 Å². The van der Waals surface area contributed by atoms with Crippen molar-refractivity contribution in [1.82, 2.24) is 15.4 Å². The third-order valence-electron chi connectivity index (χ3n) is 2.78. The lowest BCUT2D eigenvalue weighted by atomic mass is 10.3. The van der Waals surface area contributed by atoms with E-state index in [0.29, 0.717) is 23.7 Å². The highest BCUT2D eigenvalue weighted by molar-refractivity contribution is 7.91. The van der Waals surface area contributed by atoms with Gasteiger partial charge in [-0.2, -0.15) is 0 Å². The number of amides is 1. The predicted octanol–water partition coefficient (Wildman–Crippen LogP) is 1.12. The molecule has 1 heterocycles. The zero-order chi connectivity index (χ0) is 15.9. The number of carbonyl (C=O) groups excluding carboxylic acids is 1. The van der Waals surface area contributed by atoms with Gasteiger partial charge < -0.3 is 10.6 Å². The molecule has 6 nitrogen and oxygen atoms in total. The molecule has 0 saturated carbocycles. The van der Waals surface area contributed by atoms with Crippen molar-refractivity contribution < 1.29 is 13.2 Å². The van der Waals surface area contributed by atoms with Crippen LogP contribution >= 0.6 is 23.7 Å². The van der Waals surface area contributed by atoms with Crippen molar-refractivity contribution in [3.8, 4) is 0 Å². The van der Waals surface area contributed by atoms with Gasteiger partial charge in [0.15, 0.2) is 0 Å². The largest absolute Gasteiger partial charge is 0.356 e. The SMILES string of the molecule is CCN[C@H](C)CNS(=O)(=O)c1ccc(CCNC(C)=O)s1.Cl. The van der Waals surface area contributed by atoms with Gasteiger partial charge in [0, 0.05) is 30.9 Å². The zero-order valence-corrected chi connectivity index (χ0v) is 15.5. The van der Waals surface area contributed by atoms with Gasteiger partial charge in [0.05, 0.1) is 0 Å². The number of likely N-dealkylation sites (N-methyl/N-ethyl adjacent to an activating group) is 1. The molecule has 0 aromatic carbocycles. The monoisotopic (exact) mass is 369 g/mol. The van der Waals surface area contributed by atoms with Crippen LogP contribution in [0.15, 0.2) is 16.3 Å². The highest BCUT2D eigenvalue weighted by Gasteiger charge is 2.17. The maximum atomic E-state index is 12.1. The number of nitrogens with one attached hydrogen (secondary N) is 3. The molecule has 0 aliphatic carbocycles. The van der Waals surface area contributed by atoms with Crippen LogP contribution < -0.4 is 15.4 Å². The first kappa shape index (κ1) is 21.3. The molecular weight excluding hydrogens is 346 g/mol. The Kier molecular flexibility index (Phi) is 9.86. The molecule has 0 bridgehead atoms. The number of thiophene rings is 1. The molecule has 0 aliphatic rings. The summed E-state index contributed by atoms with van der Waals surface area (Å²) in [5.74, 6) is -0.0847. The lowest BCUT2D eigenvalue weighted by Gasteiger charge is -2.12. The molecule has 1 aromatic rings. The molecule has 0 fully saturated rings. The topological polar surface area (TPSA) is 87.3 Å². The Balaban J connectivity index is 0.00000441. The van der Waals surface area contributed by atoms with Crippen LogP contribution in [-0.4, -0.2) is 40.0 Å². The number of hydrogen-bond donors (Lipinski definition) is 3. The minimum Gasteiger partial charge on any atom is -0.356 e. The van der Waals surface area contributed by atoms with Gasteiger partial charge in [0.25, 0.3) is 0 Å². The molecular formula is C13H24ClN3O3S2. The predicted molar refractivity (Wildman–Crippen MR) is 92.3 cm³/mol. The second kappa shape index (κ2) is 10.2. The van der Waals surface area contributed by atoms with Crippen LogP contribution in [0.5, 0.6) is 0 Å². The van der Waals surface area contributed by atoms with Crippen molar-refractivity contribution in [2.75, 3.05) is 19.6 Å². The summed E-state index contributed by atoms with van der Waals surface area (Å²) >= 11 is 1.23. The fourth-order valence-corrected chi connectivity index (χ4v) is 4.26. The normalized spacial score (nSPS) is 12.5. The van der Waals surface area contributed by atoms with Gasteiger partial charge in [-0.1, -0.05) is 6.92 Å². The molecule has 0 spiro atoms. The molecule has 128 valence electrons. The lowest BCUT2D eigenvalue weighted by Crippen LogP contribution is -2.38. The van der Waals surface area contributed by atoms with E-state index in [0.717, 1.165) is 11.4 Å². The molecule has 1 rings (SSSR count). The molecule has 1 atom stereocenters. The van der Waals surface area contributed by atoms with Crippen molar-refractivity contribution in [1.29, 1.82) is 0 Å². The minimum absolute atomic E-state index is 0. The van der Waals surface area contributed by atoms with Crippen molar-refractivity contribution in [3.05, 3.63) is 17.0 Å². The van der Waals surface area contributed by atoms with Gasteiger partial charge in [-0.05, 0) is 32.0 Å². The molecule has 1 amide bonds. The molecule has 0 saturated heterocycles. The van der Waals surface area contributed by atoms with E-state index in [1.54, 1.807) is 12.1 Å². The Bertz CT molecular complexity index is 561. The third-order valence-corrected chi connectivity index (χ3v) is 5.84. The van der Waals surface area contributed by atoms with Crippen LogP contribution in [0.1, 0.15) is 25.6 Å². The van der Waals surface area contributed by atoms with Crippen molar-refractivity contribution >= 4 is 39.7 Å². The van der Waals surface area contributed by atoms with Crippen molar-refractivity contribution in [2.45, 2.75) is 37.4 Å². The van der Waals surface area contributed by atoms with Gasteiger partial charge in [-0.3, -0.25) is 4.79 Å². The van der Waals surface area contributed by atoms with Gasteiger partial charge in [-0.15, -0.1) is 23.7 Å². The maximum absolute atomic E-state index is 12.1. The molecule has 22 heavy (non-hydrogen) atoms. The first-order chi connectivity index (χ1) is 9.85. The summed E-state index contributed by atoms with van der Waals surface area (Å²) in [6.07, 6.45) is 0.632. The minimum atomic E-state index is -3.45. The third kappa shape index (κ3) is 7.55. The highest BCUT2D eigenvalue weighted by atomic mass is 35.5. The Morgan fingerprint density at radius 3 is 2.64 bits per heavy atom. The zero-order valence-electron chi connectivity index (χ0n) is 13.0. The van der Waals surface area contributed by atoms with E-state index in [1.807, 2.05) is 13.8 Å². The molecule has 0 unspecified atom stereocenters. The van der Waals surface area contributed by atoms with Crippen molar-refractivity contribution in [2.24, 2.45) is 0 Å². The van der Waals surface area contributed by atoms with E-state index in [4.69, 9.17) is 0 Å². The number of halogens is 1. The molecule has 3 N–H and O–H groups in total. The first-order valence-corrected chi connectivity index (χ1v) is 9.21. The fourth-order valence-electron chi connectivity index (χ4n) is 1.73. The fraction of sp³-hybridized carbons (Fsp3) is 0.615. The molecule has 0 aliphatic heterocycles. The Morgan fingerprint density at radius 2 is 2.05 bits per heavy atom. The summed E-state index contributed by atoms with van der Waals surface area (Å²) < 4.78 is 27.2. The Hall–Kier alpha value is -0.670. The molecule has 9 heteroatoms. The Morgan fingerprint density at radius 1 is 1.36 bits per heavy atom. The lowest BCUT2D eigenvalue weighted by molar-refractivity contribution is -0.118. The van der Waals surface area contributed by atoms with Gasteiger partial charge in [0.2, 0.25) is 15.9 Å². The highest BCUT2D eigenvalue weighted by Crippen LogP contribution is 2.21. The van der Waals surface area contributed by atoms with E-state index in [2.05, 4.69) is 15.4 Å². The second-order valence-electron chi connectivity index (χ2n) is 4.76. The van der Waals surface area contributed by atoms with Crippen LogP contribution in [0, 0.1) is 0 Å². The summed E-state index contributed by atoms with van der Waals surface area (Å²) in [7, 11) is -3.45. The first-order valence-electron chi connectivity index (χ1n) is 6.91. The van der Waals surface area contributed by atoms with Gasteiger partial charge >= 0.3 is 0 Å². The standard InChI is InChI=1S/C13H23N3O3S2.ClH/c1-4-14-10(2)9-16-21(18,19)13-6-5-12(20-13)7-8-15-11(3)17;/h5-6,10,14,16H,4,7-9H2,1-3H3,(H,15,17);1H/t10-;/m1./s1. The second-order valence-corrected chi connectivity index (χ2v) is 7.93. The Labute approximate surface area is 142 Å². The maximum Gasteiger partial charge on any atom is 0.250 e. The van der Waals surface area contributed by atoms with Crippen LogP contribution in [0.25, 0.3) is 0 Å². The quantitative estimate of drug-likeness (QED) is 0.608. The summed E-state index contributed by atoms with van der Waals surface area (Å²) in [5.41, 5.74) is 0. The average molecular weight is 370 g/mol. The summed E-state index contributed by atoms with van der Waals surface area (Å²) in [6, 6.07) is 3.48. The summed E-state index contributed by atoms with van der Waals surface area (Å²) in [4.78, 5) is 11.7. The number of carbonyl (C=O) groups is 1. The summed E-state index contributed by atoms with van der Waals surface area (Å²) in [5, 5.41) is 5.84. The van der Waals surface area contributed by atoms with E-state index >= 15 is 0 Å². The molecule has 0 radical (unpaired) electrons. The van der Waals surface area contributed by atoms with Crippen LogP contribution in [0.3, 0.4) is 0 Å². The van der Waals surface area contributed by atoms with E-state index < -0.39 is 10.0 Å². The van der Waals surface area contributed by atoms with Crippen LogP contribution in [0.4, 0.5) is 0 Å². The van der Waals surface area contributed by atoms with Gasteiger partial charge in [0.1, 0.15) is 4.21 Å². The van der Waals surface area contributed by atoms with E-state index in [9.17, 15) is 13.2 Å². The average Bonchev–Trinajstić information content (AvgIpc) is 2.86. The van der Waals surface area contributed by atoms with Crippen molar-refractivity contribution in [3.63, 3.8) is 0 Å². The van der Waals surface area contributed by atoms with E-state index in [-0.39, 0.29) is 24.4 Å². The molecule has 1 aromatic heterocycles. The van der Waals surface area contributed by atoms with E-state index in [1.165, 1.54) is 18.3 Å². The number of sulfonamides is 1. The number of hydrogen-bond acceptors (Lipinski definition) is 5. The smallest absolute Gasteiger partial charge is 0.250 e. The van der Waals surface area contributed by atoms with Crippen LogP contribution in [0.2, 0.25) is 0 Å². The summed E-state index contributed by atoms with van der Waals surface area (Å²) in [6.45, 7) is 7.04.